The number of nitrogens with zero attached hydrogens (tertiary/aromatic N) is 1. The first-order chi connectivity index (χ1) is 10.4. The Morgan fingerprint density at radius 3 is 2.50 bits per heavy atom. The summed E-state index contributed by atoms with van der Waals surface area (Å²) in [6, 6.07) is 6.54. The quantitative estimate of drug-likeness (QED) is 0.851. The molecule has 8 heteroatoms. The number of primary sulfonamides is 1. The van der Waals surface area contributed by atoms with Crippen LogP contribution in [0.5, 0.6) is 0 Å². The van der Waals surface area contributed by atoms with Crippen LogP contribution >= 0.6 is 0 Å². The third-order valence-corrected chi connectivity index (χ3v) is 3.87. The second kappa shape index (κ2) is 6.63. The van der Waals surface area contributed by atoms with Gasteiger partial charge in [-0.15, -0.1) is 0 Å². The van der Waals surface area contributed by atoms with Crippen molar-refractivity contribution in [3.8, 4) is 0 Å². The minimum absolute atomic E-state index is 0.234. The van der Waals surface area contributed by atoms with Crippen LogP contribution in [0.15, 0.2) is 47.6 Å². The maximum absolute atomic E-state index is 13.8. The summed E-state index contributed by atoms with van der Waals surface area (Å²) in [6.07, 6.45) is 3.86. The molecule has 0 aliphatic rings. The molecule has 0 saturated heterocycles. The van der Waals surface area contributed by atoms with Crippen LogP contribution in [0.2, 0.25) is 0 Å². The molecular weight excluding hydrogens is 309 g/mol. The predicted octanol–water partition coefficient (Wildman–Crippen LogP) is 0.841. The van der Waals surface area contributed by atoms with E-state index in [1.807, 2.05) is 12.1 Å². The molecule has 0 saturated carbocycles. The molecule has 0 fully saturated rings. The molecule has 6 nitrogen and oxygen atoms in total. The van der Waals surface area contributed by atoms with Gasteiger partial charge in [-0.3, -0.25) is 9.78 Å². The van der Waals surface area contributed by atoms with E-state index in [-0.39, 0.29) is 10.5 Å². The highest BCUT2D eigenvalue weighted by molar-refractivity contribution is 7.89. The number of benzene rings is 1. The summed E-state index contributed by atoms with van der Waals surface area (Å²) >= 11 is 0. The lowest BCUT2D eigenvalue weighted by atomic mass is 10.1. The van der Waals surface area contributed by atoms with Crippen LogP contribution in [-0.2, 0) is 16.4 Å². The van der Waals surface area contributed by atoms with E-state index < -0.39 is 21.7 Å². The van der Waals surface area contributed by atoms with E-state index in [0.29, 0.717) is 13.0 Å². The molecule has 2 rings (SSSR count). The zero-order valence-electron chi connectivity index (χ0n) is 11.5. The summed E-state index contributed by atoms with van der Waals surface area (Å²) in [7, 11) is -4.00. The van der Waals surface area contributed by atoms with Crippen molar-refractivity contribution in [2.45, 2.75) is 11.3 Å². The molecule has 0 unspecified atom stereocenters. The lowest BCUT2D eigenvalue weighted by molar-refractivity contribution is 0.0950. The third-order valence-electron chi connectivity index (χ3n) is 2.96. The molecule has 2 aromatic rings. The van der Waals surface area contributed by atoms with E-state index in [4.69, 9.17) is 5.14 Å². The Morgan fingerprint density at radius 1 is 1.23 bits per heavy atom. The van der Waals surface area contributed by atoms with E-state index >= 15 is 0 Å². The molecule has 0 bridgehead atoms. The SMILES string of the molecule is NS(=O)(=O)c1ccc(C(=O)NCCc2ccncc2)c(F)c1. The van der Waals surface area contributed by atoms with Gasteiger partial charge >= 0.3 is 0 Å². The van der Waals surface area contributed by atoms with Crippen LogP contribution in [0.3, 0.4) is 0 Å². The zero-order valence-corrected chi connectivity index (χ0v) is 12.3. The molecular formula is C14H14FN3O3S. The van der Waals surface area contributed by atoms with Crippen molar-refractivity contribution < 1.29 is 17.6 Å². The van der Waals surface area contributed by atoms with Crippen LogP contribution in [0, 0.1) is 5.82 Å². The summed E-state index contributed by atoms with van der Waals surface area (Å²) in [5.74, 6) is -1.56. The van der Waals surface area contributed by atoms with Crippen molar-refractivity contribution in [2.75, 3.05) is 6.54 Å². The minimum atomic E-state index is -4.00. The summed E-state index contributed by atoms with van der Waals surface area (Å²) in [5.41, 5.74) is 0.752. The second-order valence-electron chi connectivity index (χ2n) is 4.55. The lowest BCUT2D eigenvalue weighted by Crippen LogP contribution is -2.26. The van der Waals surface area contributed by atoms with Gasteiger partial charge in [0.2, 0.25) is 10.0 Å². The number of pyridine rings is 1. The zero-order chi connectivity index (χ0) is 16.2. The Hall–Kier alpha value is -2.32. The predicted molar refractivity (Wildman–Crippen MR) is 78.0 cm³/mol. The average Bonchev–Trinajstić information content (AvgIpc) is 2.47. The van der Waals surface area contributed by atoms with Crippen molar-refractivity contribution in [1.82, 2.24) is 10.3 Å². The summed E-state index contributed by atoms with van der Waals surface area (Å²) in [4.78, 5) is 15.4. The van der Waals surface area contributed by atoms with Crippen molar-refractivity contribution in [3.05, 3.63) is 59.7 Å². The standard InChI is InChI=1S/C14H14FN3O3S/c15-13-9-11(22(16,20)21)1-2-12(13)14(19)18-8-5-10-3-6-17-7-4-10/h1-4,6-7,9H,5,8H2,(H,18,19)(H2,16,20,21). The normalized spacial score (nSPS) is 11.2. The number of hydrogen-bond acceptors (Lipinski definition) is 4. The van der Waals surface area contributed by atoms with E-state index in [1.54, 1.807) is 12.4 Å². The summed E-state index contributed by atoms with van der Waals surface area (Å²) in [5, 5.41) is 7.46. The van der Waals surface area contributed by atoms with E-state index in [1.165, 1.54) is 0 Å². The molecule has 0 atom stereocenters. The van der Waals surface area contributed by atoms with Crippen molar-refractivity contribution in [3.63, 3.8) is 0 Å². The number of amides is 1. The number of carbonyl (C=O) groups excluding carboxylic acids is 1. The Bertz CT molecular complexity index is 779. The van der Waals surface area contributed by atoms with Crippen LogP contribution < -0.4 is 10.5 Å². The maximum Gasteiger partial charge on any atom is 0.254 e. The molecule has 3 N–H and O–H groups in total. The van der Waals surface area contributed by atoms with Crippen LogP contribution in [0.25, 0.3) is 0 Å². The molecule has 0 aliphatic heterocycles. The summed E-state index contributed by atoms with van der Waals surface area (Å²) in [6.45, 7) is 0.319. The Labute approximate surface area is 127 Å². The van der Waals surface area contributed by atoms with Crippen LogP contribution in [0.1, 0.15) is 15.9 Å². The first kappa shape index (κ1) is 16.1. The van der Waals surface area contributed by atoms with E-state index in [2.05, 4.69) is 10.3 Å². The van der Waals surface area contributed by atoms with Crippen molar-refractivity contribution in [2.24, 2.45) is 5.14 Å². The fourth-order valence-electron chi connectivity index (χ4n) is 1.82. The molecule has 0 aliphatic carbocycles. The van der Waals surface area contributed by atoms with Gasteiger partial charge in [0.1, 0.15) is 5.82 Å². The number of hydrogen-bond donors (Lipinski definition) is 2. The Morgan fingerprint density at radius 2 is 1.91 bits per heavy atom. The second-order valence-corrected chi connectivity index (χ2v) is 6.11. The van der Waals surface area contributed by atoms with Crippen LogP contribution in [-0.4, -0.2) is 25.9 Å². The van der Waals surface area contributed by atoms with E-state index in [9.17, 15) is 17.6 Å². The van der Waals surface area contributed by atoms with Crippen molar-refractivity contribution in [1.29, 1.82) is 0 Å². The topological polar surface area (TPSA) is 102 Å². The van der Waals surface area contributed by atoms with Gasteiger partial charge in [0.25, 0.3) is 5.91 Å². The fourth-order valence-corrected chi connectivity index (χ4v) is 2.35. The largest absolute Gasteiger partial charge is 0.352 e. The van der Waals surface area contributed by atoms with Gasteiger partial charge in [-0.1, -0.05) is 0 Å². The molecule has 1 aromatic heterocycles. The number of halogens is 1. The molecule has 1 amide bonds. The van der Waals surface area contributed by atoms with Gasteiger partial charge in [-0.2, -0.15) is 0 Å². The number of rotatable bonds is 5. The highest BCUT2D eigenvalue weighted by atomic mass is 32.2. The van der Waals surface area contributed by atoms with Gasteiger partial charge in [-0.05, 0) is 42.3 Å². The smallest absolute Gasteiger partial charge is 0.254 e. The monoisotopic (exact) mass is 323 g/mol. The average molecular weight is 323 g/mol. The maximum atomic E-state index is 13.8. The van der Waals surface area contributed by atoms with Crippen molar-refractivity contribution >= 4 is 15.9 Å². The molecule has 1 heterocycles. The minimum Gasteiger partial charge on any atom is -0.352 e. The number of nitrogens with one attached hydrogen (secondary N) is 1. The number of carbonyl (C=O) groups is 1. The molecule has 116 valence electrons. The first-order valence-corrected chi connectivity index (χ1v) is 7.92. The molecule has 22 heavy (non-hydrogen) atoms. The van der Waals surface area contributed by atoms with Gasteiger partial charge in [0.15, 0.2) is 0 Å². The van der Waals surface area contributed by atoms with Gasteiger partial charge in [0.05, 0.1) is 10.5 Å². The third kappa shape index (κ3) is 4.09. The molecule has 1 aromatic carbocycles. The first-order valence-electron chi connectivity index (χ1n) is 6.37. The Balaban J connectivity index is 2.01. The Kier molecular flexibility index (Phi) is 4.84. The lowest BCUT2D eigenvalue weighted by Gasteiger charge is -2.07. The fraction of sp³-hybridized carbons (Fsp3) is 0.143. The van der Waals surface area contributed by atoms with Gasteiger partial charge in [-0.25, -0.2) is 17.9 Å². The van der Waals surface area contributed by atoms with Gasteiger partial charge in [0, 0.05) is 18.9 Å². The molecule has 0 spiro atoms. The number of aromatic nitrogens is 1. The highest BCUT2D eigenvalue weighted by Gasteiger charge is 2.15. The number of nitrogens with two attached hydrogens (primary N) is 1. The molecule has 0 radical (unpaired) electrons. The number of sulfonamides is 1. The van der Waals surface area contributed by atoms with Gasteiger partial charge < -0.3 is 5.32 Å². The van der Waals surface area contributed by atoms with E-state index in [0.717, 1.165) is 23.8 Å². The highest BCUT2D eigenvalue weighted by Crippen LogP contribution is 2.13. The van der Waals surface area contributed by atoms with Crippen LogP contribution in [0.4, 0.5) is 4.39 Å². The summed E-state index contributed by atoms with van der Waals surface area (Å²) < 4.78 is 36.0.